The third kappa shape index (κ3) is 2.23. The number of hydrogen-bond donors (Lipinski definition) is 0. The first-order valence-electron chi connectivity index (χ1n) is 5.22. The highest BCUT2D eigenvalue weighted by Crippen LogP contribution is 2.22. The average Bonchev–Trinajstić information content (AvgIpc) is 2.99. The Balaban J connectivity index is 2.36. The first kappa shape index (κ1) is 13.0. The second kappa shape index (κ2) is 4.65. The lowest BCUT2D eigenvalue weighted by Crippen LogP contribution is -2.26. The quantitative estimate of drug-likeness (QED) is 0.842. The van der Waals surface area contributed by atoms with E-state index < -0.39 is 10.0 Å². The Kier molecular flexibility index (Phi) is 3.35. The number of sulfonamides is 1. The topological polar surface area (TPSA) is 81.0 Å². The second-order valence-corrected chi connectivity index (χ2v) is 6.72. The Hall–Kier alpha value is -1.48. The molecular weight excluding hydrogens is 274 g/mol. The van der Waals surface area contributed by atoms with E-state index in [9.17, 15) is 8.42 Å². The minimum absolute atomic E-state index is 0.112. The van der Waals surface area contributed by atoms with Gasteiger partial charge < -0.3 is 0 Å². The van der Waals surface area contributed by atoms with E-state index in [2.05, 4.69) is 15.3 Å². The lowest BCUT2D eigenvalue weighted by Gasteiger charge is -2.13. The lowest BCUT2D eigenvalue weighted by atomic mass is 10.4. The number of anilines is 1. The van der Waals surface area contributed by atoms with Crippen LogP contribution in [0.4, 0.5) is 5.13 Å². The summed E-state index contributed by atoms with van der Waals surface area (Å²) in [5, 5.41) is 11.7. The van der Waals surface area contributed by atoms with Crippen LogP contribution < -0.4 is 4.31 Å². The molecule has 0 atom stereocenters. The SMILES string of the molecule is CC(C)n1cc(S(=O)(=O)N(C)c2nncs2)cn1. The van der Waals surface area contributed by atoms with Gasteiger partial charge in [-0.05, 0) is 13.8 Å². The number of rotatable bonds is 4. The Morgan fingerprint density at radius 3 is 2.67 bits per heavy atom. The standard InChI is InChI=1S/C9H13N5O2S2/c1-7(2)14-5-8(4-11-14)18(15,16)13(3)9-12-10-6-17-9/h4-7H,1-3H3. The van der Waals surface area contributed by atoms with Gasteiger partial charge in [0, 0.05) is 19.3 Å². The van der Waals surface area contributed by atoms with Crippen LogP contribution >= 0.6 is 11.3 Å². The number of aromatic nitrogens is 4. The second-order valence-electron chi connectivity index (χ2n) is 3.94. The first-order chi connectivity index (χ1) is 8.43. The maximum atomic E-state index is 12.3. The van der Waals surface area contributed by atoms with Crippen molar-refractivity contribution in [3.05, 3.63) is 17.9 Å². The molecule has 0 N–H and O–H groups in total. The molecule has 0 aromatic carbocycles. The van der Waals surface area contributed by atoms with Gasteiger partial charge >= 0.3 is 0 Å². The van der Waals surface area contributed by atoms with Gasteiger partial charge in [-0.2, -0.15) is 5.10 Å². The Morgan fingerprint density at radius 1 is 1.44 bits per heavy atom. The van der Waals surface area contributed by atoms with Crippen molar-refractivity contribution in [2.24, 2.45) is 0 Å². The molecule has 0 fully saturated rings. The van der Waals surface area contributed by atoms with Crippen molar-refractivity contribution in [1.29, 1.82) is 0 Å². The molecule has 7 nitrogen and oxygen atoms in total. The molecule has 0 unspecified atom stereocenters. The number of nitrogens with zero attached hydrogens (tertiary/aromatic N) is 5. The molecule has 0 aliphatic carbocycles. The molecule has 2 heterocycles. The van der Waals surface area contributed by atoms with E-state index in [-0.39, 0.29) is 10.9 Å². The predicted octanol–water partition coefficient (Wildman–Crippen LogP) is 1.14. The minimum atomic E-state index is -3.62. The van der Waals surface area contributed by atoms with E-state index in [4.69, 9.17) is 0 Å². The Morgan fingerprint density at radius 2 is 2.17 bits per heavy atom. The van der Waals surface area contributed by atoms with Gasteiger partial charge in [-0.3, -0.25) is 4.68 Å². The predicted molar refractivity (Wildman–Crippen MR) is 68.1 cm³/mol. The van der Waals surface area contributed by atoms with Crippen LogP contribution in [0.2, 0.25) is 0 Å². The summed E-state index contributed by atoms with van der Waals surface area (Å²) < 4.78 is 27.3. The van der Waals surface area contributed by atoms with Crippen LogP contribution in [0.15, 0.2) is 22.8 Å². The third-order valence-corrected chi connectivity index (χ3v) is 4.97. The maximum Gasteiger partial charge on any atom is 0.269 e. The maximum absolute atomic E-state index is 12.3. The molecule has 9 heteroatoms. The molecule has 0 radical (unpaired) electrons. The summed E-state index contributed by atoms with van der Waals surface area (Å²) in [7, 11) is -2.17. The number of hydrogen-bond acceptors (Lipinski definition) is 6. The van der Waals surface area contributed by atoms with Crippen LogP contribution in [0.5, 0.6) is 0 Å². The van der Waals surface area contributed by atoms with E-state index in [0.717, 1.165) is 15.6 Å². The van der Waals surface area contributed by atoms with Crippen molar-refractivity contribution in [3.63, 3.8) is 0 Å². The van der Waals surface area contributed by atoms with E-state index in [0.29, 0.717) is 5.13 Å². The molecule has 2 aromatic rings. The van der Waals surface area contributed by atoms with E-state index >= 15 is 0 Å². The molecule has 2 aromatic heterocycles. The molecule has 0 spiro atoms. The smallest absolute Gasteiger partial charge is 0.269 e. The highest BCUT2D eigenvalue weighted by molar-refractivity contribution is 7.93. The Labute approximate surface area is 109 Å². The summed E-state index contributed by atoms with van der Waals surface area (Å²) in [5.74, 6) is 0. The van der Waals surface area contributed by atoms with Crippen molar-refractivity contribution in [2.45, 2.75) is 24.8 Å². The van der Waals surface area contributed by atoms with Gasteiger partial charge in [0.05, 0.1) is 6.20 Å². The van der Waals surface area contributed by atoms with Gasteiger partial charge in [-0.25, -0.2) is 12.7 Å². The zero-order chi connectivity index (χ0) is 13.3. The molecule has 0 bridgehead atoms. The highest BCUT2D eigenvalue weighted by atomic mass is 32.2. The van der Waals surface area contributed by atoms with Crippen LogP contribution in [-0.2, 0) is 10.0 Å². The minimum Gasteiger partial charge on any atom is -0.269 e. The molecule has 0 amide bonds. The molecule has 18 heavy (non-hydrogen) atoms. The van der Waals surface area contributed by atoms with Crippen molar-refractivity contribution < 1.29 is 8.42 Å². The van der Waals surface area contributed by atoms with E-state index in [1.807, 2.05) is 13.8 Å². The van der Waals surface area contributed by atoms with Crippen LogP contribution in [-0.4, -0.2) is 35.4 Å². The molecule has 98 valence electrons. The fraction of sp³-hybridized carbons (Fsp3) is 0.444. The van der Waals surface area contributed by atoms with Crippen LogP contribution in [0.1, 0.15) is 19.9 Å². The molecule has 0 aliphatic heterocycles. The van der Waals surface area contributed by atoms with E-state index in [1.54, 1.807) is 4.68 Å². The lowest BCUT2D eigenvalue weighted by molar-refractivity contribution is 0.531. The van der Waals surface area contributed by atoms with Crippen LogP contribution in [0.25, 0.3) is 0 Å². The van der Waals surface area contributed by atoms with Gasteiger partial charge in [0.1, 0.15) is 10.4 Å². The van der Waals surface area contributed by atoms with Gasteiger partial charge in [0.2, 0.25) is 5.13 Å². The van der Waals surface area contributed by atoms with Crippen molar-refractivity contribution in [3.8, 4) is 0 Å². The molecule has 0 saturated carbocycles. The molecule has 0 saturated heterocycles. The highest BCUT2D eigenvalue weighted by Gasteiger charge is 2.25. The fourth-order valence-electron chi connectivity index (χ4n) is 1.30. The van der Waals surface area contributed by atoms with E-state index in [1.165, 1.54) is 25.0 Å². The van der Waals surface area contributed by atoms with Crippen LogP contribution in [0.3, 0.4) is 0 Å². The summed E-state index contributed by atoms with van der Waals surface area (Å²) in [4.78, 5) is 0.147. The van der Waals surface area contributed by atoms with Gasteiger partial charge in [-0.15, -0.1) is 10.2 Å². The normalized spacial score (nSPS) is 12.0. The monoisotopic (exact) mass is 287 g/mol. The summed E-state index contributed by atoms with van der Waals surface area (Å²) in [6.07, 6.45) is 2.85. The van der Waals surface area contributed by atoms with Gasteiger partial charge in [0.15, 0.2) is 0 Å². The average molecular weight is 287 g/mol. The molecular formula is C9H13N5O2S2. The zero-order valence-electron chi connectivity index (χ0n) is 10.2. The summed E-state index contributed by atoms with van der Waals surface area (Å²) in [6.45, 7) is 3.86. The Bertz CT molecular complexity index is 617. The van der Waals surface area contributed by atoms with Crippen molar-refractivity contribution in [1.82, 2.24) is 20.0 Å². The third-order valence-electron chi connectivity index (χ3n) is 2.38. The van der Waals surface area contributed by atoms with Crippen molar-refractivity contribution in [2.75, 3.05) is 11.4 Å². The molecule has 0 aliphatic rings. The summed E-state index contributed by atoms with van der Waals surface area (Å²) in [6, 6.07) is 0.112. The molecule has 2 rings (SSSR count). The first-order valence-corrected chi connectivity index (χ1v) is 7.54. The summed E-state index contributed by atoms with van der Waals surface area (Å²) >= 11 is 1.16. The largest absolute Gasteiger partial charge is 0.269 e. The summed E-state index contributed by atoms with van der Waals surface area (Å²) in [5.41, 5.74) is 1.49. The van der Waals surface area contributed by atoms with Crippen LogP contribution in [0, 0.1) is 0 Å². The van der Waals surface area contributed by atoms with Crippen molar-refractivity contribution >= 4 is 26.5 Å². The fourth-order valence-corrected chi connectivity index (χ4v) is 3.14. The van der Waals surface area contributed by atoms with Gasteiger partial charge in [0.25, 0.3) is 10.0 Å². The van der Waals surface area contributed by atoms with Gasteiger partial charge in [-0.1, -0.05) is 11.3 Å². The zero-order valence-corrected chi connectivity index (χ0v) is 11.8.